The molecule has 56 heavy (non-hydrogen) atoms. The van der Waals surface area contributed by atoms with Gasteiger partial charge in [-0.2, -0.15) is 0 Å². The number of ether oxygens (including phenoxy) is 4. The first kappa shape index (κ1) is 36.1. The summed E-state index contributed by atoms with van der Waals surface area (Å²) >= 11 is 0. The molecule has 0 atom stereocenters. The number of nitrogens with zero attached hydrogens (tertiary/aromatic N) is 2. The third kappa shape index (κ3) is 6.61. The lowest BCUT2D eigenvalue weighted by atomic mass is 10.0. The molecule has 0 saturated carbocycles. The minimum Gasteiger partial charge on any atom is -0.496 e. The molecule has 3 aromatic carbocycles. The fourth-order valence-electron chi connectivity index (χ4n) is 7.52. The van der Waals surface area contributed by atoms with Crippen LogP contribution in [0.2, 0.25) is 0 Å². The van der Waals surface area contributed by atoms with E-state index in [0.29, 0.717) is 6.61 Å². The van der Waals surface area contributed by atoms with E-state index >= 15 is 0 Å². The molecule has 0 fully saturated rings. The first-order valence-electron chi connectivity index (χ1n) is 18.4. The van der Waals surface area contributed by atoms with Gasteiger partial charge in [-0.1, -0.05) is 72.8 Å². The van der Waals surface area contributed by atoms with Crippen LogP contribution < -0.4 is 14.2 Å². The van der Waals surface area contributed by atoms with Crippen molar-refractivity contribution in [3.8, 4) is 50.6 Å². The highest BCUT2D eigenvalue weighted by molar-refractivity contribution is 6.00. The summed E-state index contributed by atoms with van der Waals surface area (Å²) < 4.78 is 23.6. The molecular weight excluding hydrogens is 697 g/mol. The number of allylic oxidation sites excluding steroid dienone is 3. The molecular formula is C48H42N4O4. The molecule has 0 radical (unpaired) electrons. The summed E-state index contributed by atoms with van der Waals surface area (Å²) in [6, 6.07) is 32.5. The molecule has 3 aromatic heterocycles. The van der Waals surface area contributed by atoms with Crippen molar-refractivity contribution in [1.29, 1.82) is 0 Å². The van der Waals surface area contributed by atoms with Gasteiger partial charge in [0.15, 0.2) is 0 Å². The van der Waals surface area contributed by atoms with Gasteiger partial charge in [-0.3, -0.25) is 0 Å². The van der Waals surface area contributed by atoms with E-state index in [1.54, 1.807) is 28.4 Å². The average molecular weight is 739 g/mol. The minimum absolute atomic E-state index is 0.373. The summed E-state index contributed by atoms with van der Waals surface area (Å²) in [5, 5.41) is 0. The highest BCUT2D eigenvalue weighted by Crippen LogP contribution is 2.42. The molecule has 5 heterocycles. The Morgan fingerprint density at radius 3 is 1.34 bits per heavy atom. The molecule has 2 N–H and O–H groups in total. The molecule has 278 valence electrons. The van der Waals surface area contributed by atoms with Crippen LogP contribution in [0.3, 0.4) is 0 Å². The Balaban J connectivity index is 1.61. The van der Waals surface area contributed by atoms with Crippen molar-refractivity contribution < 1.29 is 18.9 Å². The quantitative estimate of drug-likeness (QED) is 0.136. The van der Waals surface area contributed by atoms with Gasteiger partial charge < -0.3 is 28.9 Å². The number of aromatic nitrogens is 4. The summed E-state index contributed by atoms with van der Waals surface area (Å²) in [6.45, 7) is 2.37. The van der Waals surface area contributed by atoms with Crippen molar-refractivity contribution in [2.75, 3.05) is 35.0 Å². The Kier molecular flexibility index (Phi) is 10.2. The minimum atomic E-state index is 0.373. The normalized spacial score (nSPS) is 12.4. The van der Waals surface area contributed by atoms with Gasteiger partial charge in [-0.15, -0.1) is 0 Å². The van der Waals surface area contributed by atoms with Crippen LogP contribution in [-0.2, 0) is 4.74 Å². The molecule has 0 amide bonds. The van der Waals surface area contributed by atoms with E-state index in [-0.39, 0.29) is 0 Å². The smallest absolute Gasteiger partial charge is 0.126 e. The Hall–Kier alpha value is -6.90. The highest BCUT2D eigenvalue weighted by atomic mass is 16.5. The second kappa shape index (κ2) is 15.8. The maximum absolute atomic E-state index is 5.94. The Labute approximate surface area is 326 Å². The van der Waals surface area contributed by atoms with Crippen molar-refractivity contribution in [1.82, 2.24) is 19.9 Å². The number of H-pyrrole nitrogens is 2. The number of benzene rings is 3. The van der Waals surface area contributed by atoms with E-state index in [0.717, 1.165) is 107 Å². The van der Waals surface area contributed by atoms with Crippen LogP contribution >= 0.6 is 0 Å². The third-order valence-electron chi connectivity index (χ3n) is 9.99. The van der Waals surface area contributed by atoms with E-state index in [2.05, 4.69) is 82.8 Å². The van der Waals surface area contributed by atoms with E-state index in [4.69, 9.17) is 28.9 Å². The summed E-state index contributed by atoms with van der Waals surface area (Å²) in [5.41, 5.74) is 13.9. The predicted octanol–water partition coefficient (Wildman–Crippen LogP) is 11.3. The van der Waals surface area contributed by atoms with Crippen molar-refractivity contribution >= 4 is 51.9 Å². The Morgan fingerprint density at radius 1 is 0.518 bits per heavy atom. The molecule has 0 spiro atoms. The van der Waals surface area contributed by atoms with Gasteiger partial charge in [0.25, 0.3) is 0 Å². The lowest BCUT2D eigenvalue weighted by Crippen LogP contribution is -1.98. The van der Waals surface area contributed by atoms with Crippen molar-refractivity contribution in [3.63, 3.8) is 0 Å². The second-order valence-electron chi connectivity index (χ2n) is 13.3. The standard InChI is InChI=1S/C48H42N4O4/c1-6-7-14-30(29-53-2)45-34-21-23-36(49-34)46(31-15-8-11-18-42(31)54-3)38-25-27-40(51-38)48(33-17-10-13-20-44(33)56-5)41-28-26-39(52-41)47(37-24-22-35(45)50-37)32-16-9-12-19-43(32)55-4/h6-28,49,52H,29H2,1-5H3/b7-6-,30-14+,45-34?,45-35?,46-36?,46-38?,47-37?,47-39?,48-40?,48-41?. The number of fused-ring (bicyclic) bond motifs is 8. The molecule has 2 aliphatic rings. The van der Waals surface area contributed by atoms with Crippen LogP contribution in [0.1, 0.15) is 35.3 Å². The SMILES string of the molecule is C/C=C\C=C(/COC)c1c2nc(c(-c3ccccc3OC)c3ccc([nH]3)c(-c3ccccc3OC)c3nc(c(-c4ccccc4OC)c4ccc1[nH]4)C=C3)C=C2. The topological polar surface area (TPSA) is 94.3 Å². The lowest BCUT2D eigenvalue weighted by molar-refractivity contribution is 0.239. The lowest BCUT2D eigenvalue weighted by Gasteiger charge is -2.11. The van der Waals surface area contributed by atoms with E-state index in [1.807, 2.05) is 73.7 Å². The van der Waals surface area contributed by atoms with Gasteiger partial charge in [0, 0.05) is 68.1 Å². The van der Waals surface area contributed by atoms with Crippen molar-refractivity contribution in [3.05, 3.63) is 144 Å². The Morgan fingerprint density at radius 2 is 0.911 bits per heavy atom. The van der Waals surface area contributed by atoms with Gasteiger partial charge >= 0.3 is 0 Å². The monoisotopic (exact) mass is 738 g/mol. The predicted molar refractivity (Wildman–Crippen MR) is 229 cm³/mol. The van der Waals surface area contributed by atoms with Gasteiger partial charge in [0.2, 0.25) is 0 Å². The fourth-order valence-corrected chi connectivity index (χ4v) is 7.52. The Bertz CT molecular complexity index is 2700. The van der Waals surface area contributed by atoms with Gasteiger partial charge in [-0.25, -0.2) is 9.97 Å². The number of rotatable bonds is 10. The molecule has 0 aliphatic carbocycles. The molecule has 0 saturated heterocycles. The first-order chi connectivity index (χ1) is 27.6. The van der Waals surface area contributed by atoms with Crippen LogP contribution in [-0.4, -0.2) is 55.0 Å². The summed E-state index contributed by atoms with van der Waals surface area (Å²) in [6.07, 6.45) is 14.4. The zero-order valence-corrected chi connectivity index (χ0v) is 32.0. The molecule has 6 aromatic rings. The first-order valence-corrected chi connectivity index (χ1v) is 18.4. The summed E-state index contributed by atoms with van der Waals surface area (Å²) in [7, 11) is 6.79. The number of hydrogen-bond donors (Lipinski definition) is 2. The largest absolute Gasteiger partial charge is 0.496 e. The van der Waals surface area contributed by atoms with E-state index in [9.17, 15) is 0 Å². The van der Waals surface area contributed by atoms with Gasteiger partial charge in [0.05, 0.1) is 50.7 Å². The fraction of sp³-hybridized carbons (Fsp3) is 0.125. The summed E-state index contributed by atoms with van der Waals surface area (Å²) in [4.78, 5) is 18.4. The number of methoxy groups -OCH3 is 4. The third-order valence-corrected chi connectivity index (χ3v) is 9.99. The molecule has 8 bridgehead atoms. The maximum Gasteiger partial charge on any atom is 0.126 e. The number of para-hydroxylation sites is 3. The van der Waals surface area contributed by atoms with Crippen LogP contribution in [0.5, 0.6) is 17.2 Å². The molecule has 2 aliphatic heterocycles. The number of hydrogen-bond acceptors (Lipinski definition) is 6. The zero-order valence-electron chi connectivity index (χ0n) is 32.0. The van der Waals surface area contributed by atoms with Crippen molar-refractivity contribution in [2.24, 2.45) is 0 Å². The number of aromatic amines is 2. The van der Waals surface area contributed by atoms with Crippen molar-refractivity contribution in [2.45, 2.75) is 6.92 Å². The molecule has 8 nitrogen and oxygen atoms in total. The van der Waals surface area contributed by atoms with Gasteiger partial charge in [-0.05, 0) is 79.3 Å². The number of nitrogens with one attached hydrogen (secondary N) is 2. The maximum atomic E-state index is 5.94. The molecule has 8 rings (SSSR count). The van der Waals surface area contributed by atoms with Crippen LogP contribution in [0.25, 0.3) is 85.3 Å². The van der Waals surface area contributed by atoms with E-state index in [1.165, 1.54) is 0 Å². The van der Waals surface area contributed by atoms with Crippen LogP contribution in [0.4, 0.5) is 0 Å². The second-order valence-corrected chi connectivity index (χ2v) is 13.3. The van der Waals surface area contributed by atoms with Crippen LogP contribution in [0.15, 0.2) is 115 Å². The highest BCUT2D eigenvalue weighted by Gasteiger charge is 2.22. The summed E-state index contributed by atoms with van der Waals surface area (Å²) in [5.74, 6) is 2.21. The van der Waals surface area contributed by atoms with Crippen LogP contribution in [0, 0.1) is 0 Å². The van der Waals surface area contributed by atoms with Gasteiger partial charge in [0.1, 0.15) is 17.2 Å². The molecule has 8 heteroatoms. The molecule has 0 unspecified atom stereocenters. The zero-order chi connectivity index (χ0) is 38.6. The van der Waals surface area contributed by atoms with E-state index < -0.39 is 0 Å². The average Bonchev–Trinajstić information content (AvgIpc) is 4.08.